The highest BCUT2D eigenvalue weighted by atomic mass is 79.9. The molecule has 2 nitrogen and oxygen atoms in total. The molecule has 0 radical (unpaired) electrons. The second-order valence-corrected chi connectivity index (χ2v) is 29.8. The maximum Gasteiger partial charge on any atom is 0.489 e. The van der Waals surface area contributed by atoms with Crippen LogP contribution < -0.4 is 5.46 Å². The molecule has 21 aromatic carbocycles. The van der Waals surface area contributed by atoms with E-state index in [0.29, 0.717) is 5.46 Å². The number of hydrogen-bond acceptors (Lipinski definition) is 2. The van der Waals surface area contributed by atoms with Crippen LogP contribution in [0.5, 0.6) is 0 Å². The Balaban J connectivity index is 0.000000145. The van der Waals surface area contributed by atoms with Gasteiger partial charge in [-0.05, 0) is 238 Å². The molecule has 0 heterocycles. The van der Waals surface area contributed by atoms with Crippen LogP contribution in [-0.4, -0.2) is 17.2 Å². The van der Waals surface area contributed by atoms with E-state index < -0.39 is 7.12 Å². The molecule has 21 aromatic rings. The van der Waals surface area contributed by atoms with Crippen LogP contribution in [0.1, 0.15) is 0 Å². The van der Waals surface area contributed by atoms with Crippen LogP contribution >= 0.6 is 31.9 Å². The van der Waals surface area contributed by atoms with Gasteiger partial charge >= 0.3 is 7.12 Å². The molecule has 0 aliphatic carbocycles. The van der Waals surface area contributed by atoms with Crippen LogP contribution in [-0.2, 0) is 0 Å². The summed E-state index contributed by atoms with van der Waals surface area (Å²) >= 11 is 7.08. The fourth-order valence-corrected chi connectivity index (χ4v) is 17.8. The number of halogens is 2. The van der Waals surface area contributed by atoms with Gasteiger partial charge in [-0.3, -0.25) is 0 Å². The summed E-state index contributed by atoms with van der Waals surface area (Å²) in [6.07, 6.45) is 0. The Morgan fingerprint density at radius 1 is 0.174 bits per heavy atom. The summed E-state index contributed by atoms with van der Waals surface area (Å²) in [5.41, 5.74) is 17.8. The molecule has 21 rings (SSSR count). The molecule has 0 unspecified atom stereocenters. The van der Waals surface area contributed by atoms with Crippen LogP contribution in [0.3, 0.4) is 0 Å². The average molecular weight is 1520 g/mol. The first-order chi connectivity index (χ1) is 53.8. The van der Waals surface area contributed by atoms with Crippen LogP contribution in [0, 0.1) is 0 Å². The minimum Gasteiger partial charge on any atom is -0.423 e. The molecule has 0 saturated carbocycles. The molecule has 512 valence electrons. The van der Waals surface area contributed by atoms with Gasteiger partial charge in [-0.1, -0.05) is 390 Å². The Kier molecular flexibility index (Phi) is 17.6. The predicted octanol–water partition coefficient (Wildman–Crippen LogP) is 28.6. The van der Waals surface area contributed by atoms with Crippen molar-refractivity contribution >= 4 is 163 Å². The molecule has 0 saturated heterocycles. The van der Waals surface area contributed by atoms with Crippen LogP contribution in [0.2, 0.25) is 0 Å². The van der Waals surface area contributed by atoms with Gasteiger partial charge in [0, 0.05) is 8.95 Å². The van der Waals surface area contributed by atoms with Gasteiger partial charge in [-0.25, -0.2) is 0 Å². The third kappa shape index (κ3) is 12.2. The molecular weight excluding hydrogens is 1450 g/mol. The number of rotatable bonds is 8. The summed E-state index contributed by atoms with van der Waals surface area (Å²) in [6, 6.07) is 142. The lowest BCUT2D eigenvalue weighted by molar-refractivity contribution is 0.426. The molecule has 0 aliphatic heterocycles. The minimum absolute atomic E-state index is 0.561. The quantitative estimate of drug-likeness (QED) is 0.118. The molecule has 0 amide bonds. The van der Waals surface area contributed by atoms with Gasteiger partial charge in [-0.15, -0.1) is 0 Å². The lowest BCUT2D eigenvalue weighted by Gasteiger charge is -2.20. The van der Waals surface area contributed by atoms with E-state index in [1.54, 1.807) is 0 Å². The Bertz CT molecular complexity index is 7000. The van der Waals surface area contributed by atoms with Crippen LogP contribution in [0.15, 0.2) is 403 Å². The average Bonchev–Trinajstić information content (AvgIpc) is 0.729. The Hall–Kier alpha value is -12.6. The third-order valence-electron chi connectivity index (χ3n) is 21.9. The molecular formula is C104H67BBr2O2. The third-order valence-corrected chi connectivity index (χ3v) is 23.1. The first-order valence-corrected chi connectivity index (χ1v) is 38.5. The van der Waals surface area contributed by atoms with Gasteiger partial charge in [0.25, 0.3) is 0 Å². The largest absolute Gasteiger partial charge is 0.489 e. The van der Waals surface area contributed by atoms with Crippen molar-refractivity contribution < 1.29 is 10.0 Å². The zero-order chi connectivity index (χ0) is 73.1. The summed E-state index contributed by atoms with van der Waals surface area (Å²) < 4.78 is 2.24. The molecule has 109 heavy (non-hydrogen) atoms. The molecule has 0 atom stereocenters. The predicted molar refractivity (Wildman–Crippen MR) is 475 cm³/mol. The normalized spacial score (nSPS) is 11.5. The minimum atomic E-state index is -1.52. The zero-order valence-electron chi connectivity index (χ0n) is 59.3. The zero-order valence-corrected chi connectivity index (χ0v) is 62.4. The van der Waals surface area contributed by atoms with Crippen molar-refractivity contribution in [2.45, 2.75) is 0 Å². The Morgan fingerprint density at radius 2 is 0.422 bits per heavy atom. The van der Waals surface area contributed by atoms with Crippen molar-refractivity contribution in [3.8, 4) is 77.9 Å². The lowest BCUT2D eigenvalue weighted by Crippen LogP contribution is -2.31. The fourth-order valence-electron chi connectivity index (χ4n) is 17.0. The fraction of sp³-hybridized carbons (Fsp3) is 0. The Labute approximate surface area is 649 Å². The van der Waals surface area contributed by atoms with Crippen LogP contribution in [0.4, 0.5) is 0 Å². The van der Waals surface area contributed by atoms with Crippen molar-refractivity contribution in [2.75, 3.05) is 0 Å². The topological polar surface area (TPSA) is 40.5 Å². The number of fused-ring (bicyclic) bond motifs is 11. The van der Waals surface area contributed by atoms with Gasteiger partial charge in [0.05, 0.1) is 0 Å². The van der Waals surface area contributed by atoms with E-state index in [4.69, 9.17) is 0 Å². The van der Waals surface area contributed by atoms with E-state index in [1.165, 1.54) is 164 Å². The summed E-state index contributed by atoms with van der Waals surface area (Å²) in [4.78, 5) is 0. The summed E-state index contributed by atoms with van der Waals surface area (Å²) in [7, 11) is -1.52. The summed E-state index contributed by atoms with van der Waals surface area (Å²) in [5, 5.41) is 46.5. The van der Waals surface area contributed by atoms with Gasteiger partial charge in [0.1, 0.15) is 0 Å². The van der Waals surface area contributed by atoms with Crippen molar-refractivity contribution in [1.29, 1.82) is 0 Å². The maximum atomic E-state index is 10.1. The van der Waals surface area contributed by atoms with E-state index in [9.17, 15) is 10.0 Å². The van der Waals surface area contributed by atoms with Crippen LogP contribution in [0.25, 0.3) is 196 Å². The van der Waals surface area contributed by atoms with Gasteiger partial charge in [0.15, 0.2) is 0 Å². The number of hydrogen-bond donors (Lipinski definition) is 2. The van der Waals surface area contributed by atoms with E-state index in [2.05, 4.69) is 378 Å². The van der Waals surface area contributed by atoms with Gasteiger partial charge in [0.2, 0.25) is 0 Å². The van der Waals surface area contributed by atoms with Crippen molar-refractivity contribution in [2.24, 2.45) is 0 Å². The molecule has 0 fully saturated rings. The second-order valence-electron chi connectivity index (χ2n) is 28.1. The number of benzene rings is 21. The lowest BCUT2D eigenvalue weighted by atomic mass is 9.72. The monoisotopic (exact) mass is 1520 g/mol. The van der Waals surface area contributed by atoms with E-state index in [-0.39, 0.29) is 0 Å². The first-order valence-electron chi connectivity index (χ1n) is 37.0. The van der Waals surface area contributed by atoms with E-state index in [0.717, 1.165) is 41.6 Å². The first kappa shape index (κ1) is 67.1. The maximum absolute atomic E-state index is 10.1. The highest BCUT2D eigenvalue weighted by molar-refractivity contribution is 9.11. The molecule has 2 N–H and O–H groups in total. The van der Waals surface area contributed by atoms with Gasteiger partial charge in [-0.2, -0.15) is 0 Å². The highest BCUT2D eigenvalue weighted by Gasteiger charge is 2.24. The molecule has 0 spiro atoms. The SMILES string of the molecule is Brc1ccc(-c2cccc3c(Br)cccc23)cc1.OB(O)c1c2ccccc2c(-c2ccc3ccccc3c2)c2ccccc12.c1ccc2cc(-c3c4ccccc4c(-c4ccc(-c5cccc6c(-c7c8ccccc8c(-c8ccc9ccccc9c8)c8ccccc78)cccc56)cc4)c4ccccc34)ccc2c1. The van der Waals surface area contributed by atoms with E-state index in [1.807, 2.05) is 48.5 Å². The Morgan fingerprint density at radius 3 is 0.798 bits per heavy atom. The van der Waals surface area contributed by atoms with Crippen molar-refractivity contribution in [3.05, 3.63) is 403 Å². The highest BCUT2D eigenvalue weighted by Crippen LogP contribution is 2.49. The molecule has 0 aromatic heterocycles. The molecule has 0 bridgehead atoms. The standard InChI is InChI=1S/C64H40.C24H17BO2.C16H10Br2/c1-3-17-45-39-47(37-31-41(45)15-1)62-55-21-7-5-19-53(55)61(54-20-6-8-22-56(54)62)44-35-33-43(34-36-44)49-27-13-29-51-50(49)28-14-30-52(51)64-59-25-11-9-23-57(59)63(58-24-10-12-26-60(58)64)48-38-32-42-16-2-4-18-46(42)40-48;26-25(27)24-21-11-5-3-9-19(21)23(20-10-4-6-12-22(20)24)18-14-13-16-7-1-2-8-17(16)15-18;17-12-9-7-11(8-10-12)13-3-1-5-15-14(13)4-2-6-16(15)18/h1-40H;1-15,26-27H;1-10H. The smallest absolute Gasteiger partial charge is 0.423 e. The van der Waals surface area contributed by atoms with Gasteiger partial charge < -0.3 is 10.0 Å². The van der Waals surface area contributed by atoms with E-state index >= 15 is 0 Å². The van der Waals surface area contributed by atoms with Crippen molar-refractivity contribution in [3.63, 3.8) is 0 Å². The molecule has 0 aliphatic rings. The summed E-state index contributed by atoms with van der Waals surface area (Å²) in [5.74, 6) is 0. The summed E-state index contributed by atoms with van der Waals surface area (Å²) in [6.45, 7) is 0. The second kappa shape index (κ2) is 28.6. The van der Waals surface area contributed by atoms with Crippen molar-refractivity contribution in [1.82, 2.24) is 0 Å². The molecule has 5 heteroatoms.